The largest absolute Gasteiger partial charge is 0.476 e. The van der Waals surface area contributed by atoms with E-state index in [1.165, 1.54) is 5.56 Å². The Bertz CT molecular complexity index is 1380. The maximum absolute atomic E-state index is 10.1. The number of anilines is 1. The van der Waals surface area contributed by atoms with Crippen LogP contribution in [0.15, 0.2) is 41.0 Å². The van der Waals surface area contributed by atoms with Gasteiger partial charge < -0.3 is 25.9 Å². The van der Waals surface area contributed by atoms with E-state index >= 15 is 0 Å². The predicted octanol–water partition coefficient (Wildman–Crippen LogP) is 2.85. The standard InChI is InChI=1S/C25H29N7O3S/c1-4-32-19-12-20(34-13-17(26)15-36-14-16-8-6-5-7-9-16)28-18(10-11-25(2,3)33)21(19)29-24(32)22-23(27)31-35-30-22/h5-9,12,17,33H,4,13-15,26H2,1-3H3,(H2,27,31)/t17-/m0/s1. The first-order valence-corrected chi connectivity index (χ1v) is 12.7. The van der Waals surface area contributed by atoms with Gasteiger partial charge in [-0.25, -0.2) is 14.6 Å². The smallest absolute Gasteiger partial charge is 0.216 e. The van der Waals surface area contributed by atoms with Gasteiger partial charge in [0.15, 0.2) is 17.3 Å². The summed E-state index contributed by atoms with van der Waals surface area (Å²) in [5.74, 6) is 8.32. The Morgan fingerprint density at radius 2 is 2.00 bits per heavy atom. The molecule has 188 valence electrons. The molecule has 0 saturated heterocycles. The fourth-order valence-corrected chi connectivity index (χ4v) is 4.41. The molecule has 11 heteroatoms. The molecule has 0 aliphatic rings. The molecule has 3 heterocycles. The molecule has 0 fully saturated rings. The number of hydrogen-bond acceptors (Lipinski definition) is 10. The van der Waals surface area contributed by atoms with E-state index < -0.39 is 5.60 Å². The molecule has 0 bridgehead atoms. The topological polar surface area (TPSA) is 151 Å². The summed E-state index contributed by atoms with van der Waals surface area (Å²) in [4.78, 5) is 9.24. The van der Waals surface area contributed by atoms with Gasteiger partial charge in [-0.15, -0.1) is 0 Å². The number of aromatic nitrogens is 5. The highest BCUT2D eigenvalue weighted by atomic mass is 32.2. The summed E-state index contributed by atoms with van der Waals surface area (Å²) >= 11 is 1.75. The number of aryl methyl sites for hydroxylation is 1. The van der Waals surface area contributed by atoms with Crippen LogP contribution in [0.1, 0.15) is 32.0 Å². The third-order valence-corrected chi connectivity index (χ3v) is 6.33. The van der Waals surface area contributed by atoms with E-state index in [-0.39, 0.29) is 18.5 Å². The minimum absolute atomic E-state index is 0.132. The molecule has 0 unspecified atom stereocenters. The van der Waals surface area contributed by atoms with Gasteiger partial charge in [0.1, 0.15) is 23.4 Å². The quantitative estimate of drug-likeness (QED) is 0.288. The number of benzene rings is 1. The second-order valence-corrected chi connectivity index (χ2v) is 9.77. The lowest BCUT2D eigenvalue weighted by Gasteiger charge is -2.13. The van der Waals surface area contributed by atoms with Crippen LogP contribution in [0.4, 0.5) is 5.82 Å². The third kappa shape index (κ3) is 6.15. The zero-order valence-corrected chi connectivity index (χ0v) is 21.2. The number of thioether (sulfide) groups is 1. The molecule has 1 aromatic carbocycles. The summed E-state index contributed by atoms with van der Waals surface area (Å²) < 4.78 is 12.7. The molecule has 3 aromatic heterocycles. The molecular formula is C25H29N7O3S. The van der Waals surface area contributed by atoms with Gasteiger partial charge in [-0.3, -0.25) is 0 Å². The van der Waals surface area contributed by atoms with Gasteiger partial charge in [0.2, 0.25) is 5.88 Å². The average molecular weight is 508 g/mol. The number of pyridine rings is 1. The second-order valence-electron chi connectivity index (χ2n) is 8.74. The fraction of sp³-hybridized carbons (Fsp3) is 0.360. The minimum atomic E-state index is -1.21. The Balaban J connectivity index is 1.59. The van der Waals surface area contributed by atoms with Crippen LogP contribution in [0.3, 0.4) is 0 Å². The van der Waals surface area contributed by atoms with Crippen LogP contribution in [0.25, 0.3) is 22.6 Å². The van der Waals surface area contributed by atoms with E-state index in [0.29, 0.717) is 35.2 Å². The van der Waals surface area contributed by atoms with E-state index in [9.17, 15) is 5.11 Å². The lowest BCUT2D eigenvalue weighted by molar-refractivity contribution is 0.143. The van der Waals surface area contributed by atoms with Gasteiger partial charge in [-0.05, 0) is 42.6 Å². The van der Waals surface area contributed by atoms with Crippen LogP contribution in [0.5, 0.6) is 5.88 Å². The van der Waals surface area contributed by atoms with Crippen molar-refractivity contribution in [1.82, 2.24) is 24.8 Å². The molecule has 0 spiro atoms. The normalized spacial score (nSPS) is 12.4. The monoisotopic (exact) mass is 507 g/mol. The van der Waals surface area contributed by atoms with Gasteiger partial charge in [-0.2, -0.15) is 11.8 Å². The third-order valence-electron chi connectivity index (χ3n) is 5.13. The van der Waals surface area contributed by atoms with Crippen molar-refractivity contribution < 1.29 is 14.5 Å². The van der Waals surface area contributed by atoms with Gasteiger partial charge in [0.05, 0.1) is 5.52 Å². The first-order chi connectivity index (χ1) is 17.2. The number of rotatable bonds is 9. The van der Waals surface area contributed by atoms with Crippen molar-refractivity contribution in [2.75, 3.05) is 18.1 Å². The van der Waals surface area contributed by atoms with Crippen molar-refractivity contribution in [2.45, 2.75) is 44.7 Å². The van der Waals surface area contributed by atoms with Crippen LogP contribution in [0.2, 0.25) is 0 Å². The van der Waals surface area contributed by atoms with Gasteiger partial charge >= 0.3 is 0 Å². The first-order valence-electron chi connectivity index (χ1n) is 11.5. The highest BCUT2D eigenvalue weighted by Gasteiger charge is 2.22. The molecule has 4 rings (SSSR count). The van der Waals surface area contributed by atoms with Crippen LogP contribution in [-0.4, -0.2) is 54.0 Å². The summed E-state index contributed by atoms with van der Waals surface area (Å²) in [5, 5.41) is 17.7. The summed E-state index contributed by atoms with van der Waals surface area (Å²) in [6.07, 6.45) is 0. The van der Waals surface area contributed by atoms with Crippen molar-refractivity contribution in [3.05, 3.63) is 47.7 Å². The van der Waals surface area contributed by atoms with E-state index in [1.807, 2.05) is 29.7 Å². The van der Waals surface area contributed by atoms with Crippen molar-refractivity contribution in [3.63, 3.8) is 0 Å². The Hall–Kier alpha value is -3.59. The highest BCUT2D eigenvalue weighted by Crippen LogP contribution is 2.30. The number of nitrogens with zero attached hydrogens (tertiary/aromatic N) is 5. The van der Waals surface area contributed by atoms with E-state index in [4.69, 9.17) is 20.8 Å². The van der Waals surface area contributed by atoms with Crippen LogP contribution < -0.4 is 16.2 Å². The minimum Gasteiger partial charge on any atom is -0.476 e. The Kier molecular flexibility index (Phi) is 7.79. The summed E-state index contributed by atoms with van der Waals surface area (Å²) in [6, 6.07) is 11.9. The lowest BCUT2D eigenvalue weighted by Crippen LogP contribution is -2.30. The molecule has 4 aromatic rings. The number of imidazole rings is 1. The fourth-order valence-electron chi connectivity index (χ4n) is 3.47. The predicted molar refractivity (Wildman–Crippen MR) is 140 cm³/mol. The zero-order chi connectivity index (χ0) is 25.7. The van der Waals surface area contributed by atoms with Gasteiger partial charge in [0, 0.05) is 30.2 Å². The molecule has 36 heavy (non-hydrogen) atoms. The summed E-state index contributed by atoms with van der Waals surface area (Å²) in [6.45, 7) is 6.02. The maximum Gasteiger partial charge on any atom is 0.216 e. The van der Waals surface area contributed by atoms with Crippen LogP contribution in [-0.2, 0) is 12.3 Å². The Labute approximate surface area is 213 Å². The molecule has 10 nitrogen and oxygen atoms in total. The van der Waals surface area contributed by atoms with E-state index in [1.54, 1.807) is 31.7 Å². The van der Waals surface area contributed by atoms with E-state index in [2.05, 4.69) is 44.3 Å². The first kappa shape index (κ1) is 25.5. The van der Waals surface area contributed by atoms with Crippen LogP contribution in [0, 0.1) is 11.8 Å². The van der Waals surface area contributed by atoms with E-state index in [0.717, 1.165) is 17.0 Å². The number of hydrogen-bond donors (Lipinski definition) is 3. The van der Waals surface area contributed by atoms with Gasteiger partial charge in [-0.1, -0.05) is 36.3 Å². The van der Waals surface area contributed by atoms with Crippen molar-refractivity contribution in [2.24, 2.45) is 5.73 Å². The molecule has 1 atom stereocenters. The Morgan fingerprint density at radius 1 is 1.22 bits per heavy atom. The van der Waals surface area contributed by atoms with Crippen molar-refractivity contribution >= 4 is 28.6 Å². The molecule has 0 aliphatic heterocycles. The van der Waals surface area contributed by atoms with Gasteiger partial charge in [0.25, 0.3) is 0 Å². The summed E-state index contributed by atoms with van der Waals surface area (Å²) in [7, 11) is 0. The molecule has 0 aliphatic carbocycles. The Morgan fingerprint density at radius 3 is 2.67 bits per heavy atom. The second kappa shape index (κ2) is 11.0. The SMILES string of the molecule is CCn1c(-c2nonc2N)nc2c(C#CC(C)(C)O)nc(OC[C@H](N)CSCc3ccccc3)cc21. The molecular weight excluding hydrogens is 478 g/mol. The molecule has 0 amide bonds. The highest BCUT2D eigenvalue weighted by molar-refractivity contribution is 7.98. The number of nitrogens with two attached hydrogens (primary N) is 2. The number of ether oxygens (including phenoxy) is 1. The zero-order valence-electron chi connectivity index (χ0n) is 20.4. The molecule has 0 radical (unpaired) electrons. The molecule has 5 N–H and O–H groups in total. The maximum atomic E-state index is 10.1. The average Bonchev–Trinajstić information content (AvgIpc) is 3.44. The number of fused-ring (bicyclic) bond motifs is 1. The number of aliphatic hydroxyl groups is 1. The van der Waals surface area contributed by atoms with Crippen molar-refractivity contribution in [1.29, 1.82) is 0 Å². The van der Waals surface area contributed by atoms with Crippen LogP contribution >= 0.6 is 11.8 Å². The molecule has 0 saturated carbocycles. The lowest BCUT2D eigenvalue weighted by atomic mass is 10.1. The van der Waals surface area contributed by atoms with Crippen molar-refractivity contribution in [3.8, 4) is 29.2 Å². The summed E-state index contributed by atoms with van der Waals surface area (Å²) in [5.41, 5.74) is 14.2. The number of nitrogen functional groups attached to an aromatic ring is 1.